The summed E-state index contributed by atoms with van der Waals surface area (Å²) in [7, 11) is 3.29. The molecule has 8 heteroatoms. The number of anilines is 1. The quantitative estimate of drug-likeness (QED) is 0.676. The van der Waals surface area contributed by atoms with Gasteiger partial charge in [0.2, 0.25) is 5.95 Å². The first-order chi connectivity index (χ1) is 14.1. The fraction of sp³-hybridized carbons (Fsp3) is 0.333. The molecule has 1 fully saturated rings. The predicted molar refractivity (Wildman–Crippen MR) is 108 cm³/mol. The van der Waals surface area contributed by atoms with Crippen molar-refractivity contribution in [3.8, 4) is 17.1 Å². The SMILES string of the molecule is COc1cc(F)ccc1C1CCN(c2nc(-c3ccncn3)cc(=O)n2C)CC1. The van der Waals surface area contributed by atoms with Gasteiger partial charge in [0.15, 0.2) is 0 Å². The lowest BCUT2D eigenvalue weighted by Crippen LogP contribution is -2.37. The number of ether oxygens (including phenoxy) is 1. The van der Waals surface area contributed by atoms with E-state index in [1.54, 1.807) is 37.1 Å². The molecule has 0 radical (unpaired) electrons. The first-order valence-electron chi connectivity index (χ1n) is 9.49. The normalized spacial score (nSPS) is 14.8. The first-order valence-corrected chi connectivity index (χ1v) is 9.49. The van der Waals surface area contributed by atoms with Gasteiger partial charge in [-0.05, 0) is 36.5 Å². The average Bonchev–Trinajstić information content (AvgIpc) is 2.76. The molecule has 0 bridgehead atoms. The predicted octanol–water partition coefficient (Wildman–Crippen LogP) is 2.77. The second-order valence-corrected chi connectivity index (χ2v) is 7.08. The monoisotopic (exact) mass is 395 g/mol. The molecule has 29 heavy (non-hydrogen) atoms. The van der Waals surface area contributed by atoms with Crippen LogP contribution in [0.15, 0.2) is 47.7 Å². The number of benzene rings is 1. The fourth-order valence-corrected chi connectivity index (χ4v) is 3.80. The maximum absolute atomic E-state index is 13.5. The van der Waals surface area contributed by atoms with Gasteiger partial charge in [0.25, 0.3) is 5.56 Å². The van der Waals surface area contributed by atoms with Crippen LogP contribution in [-0.2, 0) is 7.05 Å². The number of nitrogens with zero attached hydrogens (tertiary/aromatic N) is 5. The molecule has 0 aliphatic carbocycles. The van der Waals surface area contributed by atoms with Crippen LogP contribution in [0.1, 0.15) is 24.3 Å². The van der Waals surface area contributed by atoms with Gasteiger partial charge in [-0.1, -0.05) is 6.07 Å². The Hall–Kier alpha value is -3.29. The Balaban J connectivity index is 1.57. The van der Waals surface area contributed by atoms with E-state index < -0.39 is 0 Å². The molecular formula is C21H22FN5O2. The van der Waals surface area contributed by atoms with Gasteiger partial charge in [0.1, 0.15) is 17.9 Å². The molecule has 7 nitrogen and oxygen atoms in total. The highest BCUT2D eigenvalue weighted by atomic mass is 19.1. The molecule has 150 valence electrons. The minimum Gasteiger partial charge on any atom is -0.496 e. The highest BCUT2D eigenvalue weighted by Gasteiger charge is 2.25. The van der Waals surface area contributed by atoms with Crippen molar-refractivity contribution in [2.45, 2.75) is 18.8 Å². The third kappa shape index (κ3) is 3.83. The lowest BCUT2D eigenvalue weighted by Gasteiger charge is -2.34. The molecule has 2 aromatic heterocycles. The molecule has 0 N–H and O–H groups in total. The van der Waals surface area contributed by atoms with Crippen LogP contribution in [-0.4, -0.2) is 39.7 Å². The Morgan fingerprint density at radius 1 is 1.14 bits per heavy atom. The number of aromatic nitrogens is 4. The van der Waals surface area contributed by atoms with Gasteiger partial charge in [-0.15, -0.1) is 0 Å². The van der Waals surface area contributed by atoms with Crippen molar-refractivity contribution in [1.29, 1.82) is 0 Å². The number of rotatable bonds is 4. The topological polar surface area (TPSA) is 73.1 Å². The Morgan fingerprint density at radius 2 is 1.93 bits per heavy atom. The van der Waals surface area contributed by atoms with Crippen LogP contribution in [0.5, 0.6) is 5.75 Å². The zero-order chi connectivity index (χ0) is 20.4. The van der Waals surface area contributed by atoms with Crippen LogP contribution >= 0.6 is 0 Å². The van der Waals surface area contributed by atoms with E-state index in [1.165, 1.54) is 24.5 Å². The van der Waals surface area contributed by atoms with E-state index in [0.717, 1.165) is 31.5 Å². The van der Waals surface area contributed by atoms with Crippen LogP contribution in [0.4, 0.5) is 10.3 Å². The molecule has 0 saturated carbocycles. The summed E-state index contributed by atoms with van der Waals surface area (Å²) in [4.78, 5) is 27.4. The van der Waals surface area contributed by atoms with Crippen LogP contribution in [0.2, 0.25) is 0 Å². The van der Waals surface area contributed by atoms with Gasteiger partial charge >= 0.3 is 0 Å². The third-order valence-electron chi connectivity index (χ3n) is 5.37. The molecule has 4 rings (SSSR count). The van der Waals surface area contributed by atoms with E-state index in [4.69, 9.17) is 9.72 Å². The summed E-state index contributed by atoms with van der Waals surface area (Å²) in [6, 6.07) is 7.93. The molecule has 0 atom stereocenters. The van der Waals surface area contributed by atoms with Crippen molar-refractivity contribution >= 4 is 5.95 Å². The maximum atomic E-state index is 13.5. The molecule has 1 aliphatic heterocycles. The summed E-state index contributed by atoms with van der Waals surface area (Å²) in [6.07, 6.45) is 4.78. The summed E-state index contributed by atoms with van der Waals surface area (Å²) in [6.45, 7) is 1.47. The van der Waals surface area contributed by atoms with Gasteiger partial charge < -0.3 is 9.64 Å². The molecular weight excluding hydrogens is 373 g/mol. The standard InChI is InChI=1S/C21H22FN5O2/c1-26-20(28)12-18(17-5-8-23-13-24-17)25-21(26)27-9-6-14(7-10-27)16-4-3-15(22)11-19(16)29-2/h3-5,8,11-14H,6-7,9-10H2,1-2H3. The lowest BCUT2D eigenvalue weighted by atomic mass is 9.89. The van der Waals surface area contributed by atoms with Gasteiger partial charge in [0, 0.05) is 38.5 Å². The summed E-state index contributed by atoms with van der Waals surface area (Å²) in [5, 5.41) is 0. The highest BCUT2D eigenvalue weighted by molar-refractivity contribution is 5.55. The van der Waals surface area contributed by atoms with E-state index >= 15 is 0 Å². The second kappa shape index (κ2) is 7.98. The van der Waals surface area contributed by atoms with Gasteiger partial charge in [-0.3, -0.25) is 9.36 Å². The molecule has 0 unspecified atom stereocenters. The Morgan fingerprint density at radius 3 is 2.62 bits per heavy atom. The Kier molecular flexibility index (Phi) is 5.24. The molecule has 0 amide bonds. The van der Waals surface area contributed by atoms with E-state index in [-0.39, 0.29) is 17.3 Å². The summed E-state index contributed by atoms with van der Waals surface area (Å²) >= 11 is 0. The van der Waals surface area contributed by atoms with Crippen LogP contribution in [0.3, 0.4) is 0 Å². The summed E-state index contributed by atoms with van der Waals surface area (Å²) in [5.41, 5.74) is 2.04. The van der Waals surface area contributed by atoms with E-state index in [0.29, 0.717) is 23.1 Å². The lowest BCUT2D eigenvalue weighted by molar-refractivity contribution is 0.393. The minimum atomic E-state index is -0.302. The number of halogens is 1. The summed E-state index contributed by atoms with van der Waals surface area (Å²) < 4.78 is 20.4. The van der Waals surface area contributed by atoms with Gasteiger partial charge in [-0.2, -0.15) is 0 Å². The highest BCUT2D eigenvalue weighted by Crippen LogP contribution is 2.35. The molecule has 3 aromatic rings. The van der Waals surface area contributed by atoms with Crippen molar-refractivity contribution in [2.75, 3.05) is 25.1 Å². The van der Waals surface area contributed by atoms with E-state index in [9.17, 15) is 9.18 Å². The van der Waals surface area contributed by atoms with Crippen molar-refractivity contribution < 1.29 is 9.13 Å². The van der Waals surface area contributed by atoms with Crippen LogP contribution < -0.4 is 15.2 Å². The first kappa shape index (κ1) is 19.0. The van der Waals surface area contributed by atoms with Crippen molar-refractivity contribution in [3.05, 3.63) is 64.6 Å². The number of piperidine rings is 1. The molecule has 0 spiro atoms. The minimum absolute atomic E-state index is 0.133. The van der Waals surface area contributed by atoms with Crippen LogP contribution in [0, 0.1) is 5.82 Å². The number of methoxy groups -OCH3 is 1. The largest absolute Gasteiger partial charge is 0.496 e. The van der Waals surface area contributed by atoms with Crippen LogP contribution in [0.25, 0.3) is 11.4 Å². The third-order valence-corrected chi connectivity index (χ3v) is 5.37. The second-order valence-electron chi connectivity index (χ2n) is 7.08. The Labute approximate surface area is 167 Å². The van der Waals surface area contributed by atoms with Crippen molar-refractivity contribution in [3.63, 3.8) is 0 Å². The average molecular weight is 395 g/mol. The maximum Gasteiger partial charge on any atom is 0.255 e. The molecule has 1 saturated heterocycles. The molecule has 1 aromatic carbocycles. The number of hydrogen-bond donors (Lipinski definition) is 0. The van der Waals surface area contributed by atoms with Gasteiger partial charge in [0.05, 0.1) is 18.5 Å². The smallest absolute Gasteiger partial charge is 0.255 e. The number of hydrogen-bond acceptors (Lipinski definition) is 6. The van der Waals surface area contributed by atoms with Crippen molar-refractivity contribution in [2.24, 2.45) is 7.05 Å². The Bertz CT molecular complexity index is 1060. The zero-order valence-corrected chi connectivity index (χ0v) is 16.4. The van der Waals surface area contributed by atoms with E-state index in [1.807, 2.05) is 0 Å². The van der Waals surface area contributed by atoms with E-state index in [2.05, 4.69) is 14.9 Å². The summed E-state index contributed by atoms with van der Waals surface area (Å²) in [5.74, 6) is 1.17. The zero-order valence-electron chi connectivity index (χ0n) is 16.4. The fourth-order valence-electron chi connectivity index (χ4n) is 3.80. The van der Waals surface area contributed by atoms with Crippen molar-refractivity contribution in [1.82, 2.24) is 19.5 Å². The molecule has 3 heterocycles. The molecule has 1 aliphatic rings. The van der Waals surface area contributed by atoms with Gasteiger partial charge in [-0.25, -0.2) is 19.3 Å².